The maximum Gasteiger partial charge on any atom is 0.250 e. The molecule has 15 heavy (non-hydrogen) atoms. The molecule has 0 atom stereocenters. The van der Waals surface area contributed by atoms with E-state index in [0.29, 0.717) is 13.2 Å². The molecule has 0 aromatic heterocycles. The fraction of sp³-hybridized carbons (Fsp3) is 0.750. The van der Waals surface area contributed by atoms with Crippen LogP contribution in [0.3, 0.4) is 0 Å². The Labute approximate surface area is 91.1 Å². The van der Waals surface area contributed by atoms with Crippen LogP contribution in [-0.4, -0.2) is 36.1 Å². The number of hydrogen-bond acceptors (Lipinski definition) is 2. The average Bonchev–Trinajstić information content (AvgIpc) is 2.69. The van der Waals surface area contributed by atoms with E-state index in [1.165, 1.54) is 0 Å². The van der Waals surface area contributed by atoms with Crippen molar-refractivity contribution in [2.24, 2.45) is 0 Å². The van der Waals surface area contributed by atoms with Gasteiger partial charge >= 0.3 is 0 Å². The van der Waals surface area contributed by atoms with Gasteiger partial charge in [-0.3, -0.25) is 4.79 Å². The number of rotatable bonds is 1. The van der Waals surface area contributed by atoms with Gasteiger partial charge in [0, 0.05) is 12.1 Å². The summed E-state index contributed by atoms with van der Waals surface area (Å²) in [5.74, 6) is 0.223. The zero-order chi connectivity index (χ0) is 10.9. The van der Waals surface area contributed by atoms with Gasteiger partial charge in [0.25, 0.3) is 0 Å². The van der Waals surface area contributed by atoms with Crippen molar-refractivity contribution in [1.82, 2.24) is 4.90 Å². The maximum atomic E-state index is 12.2. The minimum atomic E-state index is -0.154. The summed E-state index contributed by atoms with van der Waals surface area (Å²) in [5, 5.41) is 0. The zero-order valence-electron chi connectivity index (χ0n) is 9.58. The number of amides is 1. The second-order valence-electron chi connectivity index (χ2n) is 4.94. The van der Waals surface area contributed by atoms with Gasteiger partial charge in [-0.15, -0.1) is 0 Å². The van der Waals surface area contributed by atoms with Crippen LogP contribution in [0.5, 0.6) is 0 Å². The first-order chi connectivity index (χ1) is 7.11. The van der Waals surface area contributed by atoms with E-state index >= 15 is 0 Å². The third-order valence-electron chi connectivity index (χ3n) is 3.21. The lowest BCUT2D eigenvalue weighted by Crippen LogP contribution is -2.55. The van der Waals surface area contributed by atoms with Gasteiger partial charge in [0.05, 0.1) is 18.8 Å². The summed E-state index contributed by atoms with van der Waals surface area (Å²) in [6, 6.07) is 0. The molecule has 1 amide bonds. The van der Waals surface area contributed by atoms with E-state index in [4.69, 9.17) is 4.74 Å². The highest BCUT2D eigenvalue weighted by molar-refractivity contribution is 5.94. The molecule has 0 aromatic carbocycles. The molecule has 1 heterocycles. The number of allylic oxidation sites excluding steroid dienone is 1. The van der Waals surface area contributed by atoms with Crippen LogP contribution in [0, 0.1) is 0 Å². The zero-order valence-corrected chi connectivity index (χ0v) is 9.58. The predicted octanol–water partition coefficient (Wildman–Crippen LogP) is 1.73. The minimum absolute atomic E-state index is 0.154. The summed E-state index contributed by atoms with van der Waals surface area (Å²) in [7, 11) is 0. The summed E-state index contributed by atoms with van der Waals surface area (Å²) in [6.45, 7) is 6.18. The summed E-state index contributed by atoms with van der Waals surface area (Å²) in [4.78, 5) is 14.2. The Hall–Kier alpha value is -0.830. The van der Waals surface area contributed by atoms with Crippen LogP contribution in [0.15, 0.2) is 11.6 Å². The predicted molar refractivity (Wildman–Crippen MR) is 58.5 cm³/mol. The van der Waals surface area contributed by atoms with E-state index in [1.54, 1.807) is 0 Å². The lowest BCUT2D eigenvalue weighted by Gasteiger charge is -2.42. The number of hydrogen-bond donors (Lipinski definition) is 0. The Morgan fingerprint density at radius 1 is 1.53 bits per heavy atom. The van der Waals surface area contributed by atoms with Crippen molar-refractivity contribution < 1.29 is 9.53 Å². The minimum Gasteiger partial charge on any atom is -0.377 e. The van der Waals surface area contributed by atoms with Crippen LogP contribution >= 0.6 is 0 Å². The highest BCUT2D eigenvalue weighted by Crippen LogP contribution is 2.25. The standard InChI is InChI=1S/C12H19NO2/c1-12(2)9-15-8-7-13(12)11(14)10-5-3-4-6-10/h5H,3-4,6-9H2,1-2H3. The second-order valence-corrected chi connectivity index (χ2v) is 4.94. The molecular weight excluding hydrogens is 190 g/mol. The lowest BCUT2D eigenvalue weighted by atomic mass is 10.0. The van der Waals surface area contributed by atoms with Crippen LogP contribution in [0.1, 0.15) is 33.1 Å². The Morgan fingerprint density at radius 3 is 2.93 bits per heavy atom. The third kappa shape index (κ3) is 2.07. The first kappa shape index (κ1) is 10.7. The van der Waals surface area contributed by atoms with Crippen LogP contribution < -0.4 is 0 Å². The van der Waals surface area contributed by atoms with Crippen molar-refractivity contribution in [2.45, 2.75) is 38.6 Å². The quantitative estimate of drug-likeness (QED) is 0.658. The van der Waals surface area contributed by atoms with Gasteiger partial charge in [-0.1, -0.05) is 6.08 Å². The summed E-state index contributed by atoms with van der Waals surface area (Å²) >= 11 is 0. The Balaban J connectivity index is 2.11. The van der Waals surface area contributed by atoms with Crippen LogP contribution in [0.25, 0.3) is 0 Å². The fourth-order valence-electron chi connectivity index (χ4n) is 2.27. The van der Waals surface area contributed by atoms with Crippen molar-refractivity contribution in [2.75, 3.05) is 19.8 Å². The number of morpholine rings is 1. The second kappa shape index (κ2) is 3.97. The highest BCUT2D eigenvalue weighted by atomic mass is 16.5. The first-order valence-corrected chi connectivity index (χ1v) is 5.70. The number of ether oxygens (including phenoxy) is 1. The summed E-state index contributed by atoms with van der Waals surface area (Å²) in [6.07, 6.45) is 5.23. The van der Waals surface area contributed by atoms with E-state index in [2.05, 4.69) is 19.9 Å². The van der Waals surface area contributed by atoms with Gasteiger partial charge in [0.15, 0.2) is 0 Å². The van der Waals surface area contributed by atoms with Crippen molar-refractivity contribution in [3.8, 4) is 0 Å². The van der Waals surface area contributed by atoms with E-state index in [-0.39, 0.29) is 11.4 Å². The summed E-state index contributed by atoms with van der Waals surface area (Å²) < 4.78 is 5.41. The van der Waals surface area contributed by atoms with Gasteiger partial charge in [0.2, 0.25) is 5.91 Å². The molecule has 0 radical (unpaired) electrons. The summed E-state index contributed by atoms with van der Waals surface area (Å²) in [5.41, 5.74) is 0.851. The van der Waals surface area contributed by atoms with Gasteiger partial charge in [-0.25, -0.2) is 0 Å². The molecule has 1 aliphatic heterocycles. The Bertz CT molecular complexity index is 294. The Morgan fingerprint density at radius 2 is 2.33 bits per heavy atom. The number of carbonyl (C=O) groups is 1. The molecule has 1 fully saturated rings. The Kier molecular flexibility index (Phi) is 2.83. The van der Waals surface area contributed by atoms with E-state index in [0.717, 1.165) is 31.4 Å². The van der Waals surface area contributed by atoms with E-state index in [9.17, 15) is 4.79 Å². The molecule has 2 rings (SSSR count). The molecule has 1 aliphatic carbocycles. The number of carbonyl (C=O) groups excluding carboxylic acids is 1. The SMILES string of the molecule is CC1(C)COCCN1C(=O)C1=CCCC1. The van der Waals surface area contributed by atoms with Gasteiger partial charge in [0.1, 0.15) is 0 Å². The fourth-order valence-corrected chi connectivity index (χ4v) is 2.27. The lowest BCUT2D eigenvalue weighted by molar-refractivity contribution is -0.142. The van der Waals surface area contributed by atoms with Crippen LogP contribution in [0.4, 0.5) is 0 Å². The molecular formula is C12H19NO2. The molecule has 3 heteroatoms. The number of nitrogens with zero attached hydrogens (tertiary/aromatic N) is 1. The van der Waals surface area contributed by atoms with Crippen LogP contribution in [0.2, 0.25) is 0 Å². The highest BCUT2D eigenvalue weighted by Gasteiger charge is 2.35. The monoisotopic (exact) mass is 209 g/mol. The van der Waals surface area contributed by atoms with Crippen molar-refractivity contribution in [3.05, 3.63) is 11.6 Å². The molecule has 2 aliphatic rings. The van der Waals surface area contributed by atoms with Crippen LogP contribution in [-0.2, 0) is 9.53 Å². The van der Waals surface area contributed by atoms with Crippen molar-refractivity contribution in [3.63, 3.8) is 0 Å². The molecule has 0 N–H and O–H groups in total. The van der Waals surface area contributed by atoms with E-state index < -0.39 is 0 Å². The smallest absolute Gasteiger partial charge is 0.250 e. The molecule has 0 aromatic rings. The molecule has 0 bridgehead atoms. The molecule has 84 valence electrons. The normalized spacial score (nSPS) is 25.2. The topological polar surface area (TPSA) is 29.5 Å². The first-order valence-electron chi connectivity index (χ1n) is 5.70. The van der Waals surface area contributed by atoms with Gasteiger partial charge < -0.3 is 9.64 Å². The molecule has 0 spiro atoms. The largest absolute Gasteiger partial charge is 0.377 e. The van der Waals surface area contributed by atoms with Crippen molar-refractivity contribution >= 4 is 5.91 Å². The average molecular weight is 209 g/mol. The molecule has 0 saturated carbocycles. The van der Waals surface area contributed by atoms with E-state index in [1.807, 2.05) is 4.90 Å². The molecule has 3 nitrogen and oxygen atoms in total. The van der Waals surface area contributed by atoms with Gasteiger partial charge in [-0.05, 0) is 33.1 Å². The molecule has 0 unspecified atom stereocenters. The maximum absolute atomic E-state index is 12.2. The van der Waals surface area contributed by atoms with Gasteiger partial charge in [-0.2, -0.15) is 0 Å². The van der Waals surface area contributed by atoms with Crippen molar-refractivity contribution in [1.29, 1.82) is 0 Å². The third-order valence-corrected chi connectivity index (χ3v) is 3.21. The molecule has 1 saturated heterocycles.